The van der Waals surface area contributed by atoms with E-state index in [0.29, 0.717) is 12.5 Å². The van der Waals surface area contributed by atoms with Crippen molar-refractivity contribution in [2.45, 2.75) is 39.5 Å². The topological polar surface area (TPSA) is 89.4 Å². The summed E-state index contributed by atoms with van der Waals surface area (Å²) in [6.07, 6.45) is 4.21. The Bertz CT molecular complexity index is 228. The van der Waals surface area contributed by atoms with Crippen molar-refractivity contribution in [2.24, 2.45) is 17.4 Å². The first kappa shape index (κ1) is 16.1. The molecule has 0 aromatic rings. The summed E-state index contributed by atoms with van der Waals surface area (Å²) in [5.41, 5.74) is 10.6. The Morgan fingerprint density at radius 1 is 1.12 bits per heavy atom. The van der Waals surface area contributed by atoms with Gasteiger partial charge in [0.1, 0.15) is 0 Å². The number of nitrogens with two attached hydrogens (primary N) is 2. The Kier molecular flexibility index (Phi) is 8.62. The largest absolute Gasteiger partial charge is 0.322 e. The molecule has 1 unspecified atom stereocenters. The van der Waals surface area contributed by atoms with Crippen LogP contribution in [0, 0.1) is 5.92 Å². The minimum atomic E-state index is -0.338. The third-order valence-corrected chi connectivity index (χ3v) is 2.94. The van der Waals surface area contributed by atoms with Crippen LogP contribution in [0.4, 0.5) is 0 Å². The monoisotopic (exact) mass is 243 g/mol. The Morgan fingerprint density at radius 2 is 1.65 bits per heavy atom. The van der Waals surface area contributed by atoms with Crippen molar-refractivity contribution in [3.63, 3.8) is 0 Å². The molecule has 0 rings (SSSR count). The summed E-state index contributed by atoms with van der Waals surface area (Å²) in [6, 6.07) is 0. The Morgan fingerprint density at radius 3 is 2.00 bits per heavy atom. The molecule has 0 bridgehead atoms. The standard InChI is InChI=1S/C12H25N3O2/c1-3-5-6-10(4-2)9-15(11(16)7-13)12(17)8-14/h10H,3-9,13-14H2,1-2H3. The van der Waals surface area contributed by atoms with Gasteiger partial charge < -0.3 is 11.5 Å². The van der Waals surface area contributed by atoms with Crippen molar-refractivity contribution < 1.29 is 9.59 Å². The maximum absolute atomic E-state index is 11.6. The fraction of sp³-hybridized carbons (Fsp3) is 0.833. The Labute approximate surface area is 104 Å². The second-order valence-electron chi connectivity index (χ2n) is 4.22. The van der Waals surface area contributed by atoms with Gasteiger partial charge in [0.2, 0.25) is 11.8 Å². The lowest BCUT2D eigenvalue weighted by Crippen LogP contribution is -2.46. The van der Waals surface area contributed by atoms with Crippen LogP contribution in [0.5, 0.6) is 0 Å². The van der Waals surface area contributed by atoms with Gasteiger partial charge in [-0.15, -0.1) is 0 Å². The molecule has 0 aromatic carbocycles. The minimum Gasteiger partial charge on any atom is -0.322 e. The van der Waals surface area contributed by atoms with E-state index in [1.807, 2.05) is 0 Å². The summed E-state index contributed by atoms with van der Waals surface area (Å²) >= 11 is 0. The van der Waals surface area contributed by atoms with Gasteiger partial charge in [-0.25, -0.2) is 0 Å². The number of carbonyl (C=O) groups excluding carboxylic acids is 2. The molecular formula is C12H25N3O2. The SMILES string of the molecule is CCCCC(CC)CN(C(=O)CN)C(=O)CN. The molecule has 0 fully saturated rings. The van der Waals surface area contributed by atoms with Crippen LogP contribution in [0.15, 0.2) is 0 Å². The predicted molar refractivity (Wildman–Crippen MR) is 68.1 cm³/mol. The van der Waals surface area contributed by atoms with Crippen LogP contribution in [0.25, 0.3) is 0 Å². The quantitative estimate of drug-likeness (QED) is 0.648. The highest BCUT2D eigenvalue weighted by Crippen LogP contribution is 2.14. The average Bonchev–Trinajstić information content (AvgIpc) is 2.37. The molecule has 0 radical (unpaired) electrons. The molecule has 0 aromatic heterocycles. The molecule has 1 atom stereocenters. The average molecular weight is 243 g/mol. The van der Waals surface area contributed by atoms with Gasteiger partial charge in [0.05, 0.1) is 13.1 Å². The van der Waals surface area contributed by atoms with E-state index in [1.54, 1.807) is 0 Å². The normalized spacial score (nSPS) is 12.2. The number of carbonyl (C=O) groups is 2. The highest BCUT2D eigenvalue weighted by Gasteiger charge is 2.21. The van der Waals surface area contributed by atoms with Crippen LogP contribution in [0.2, 0.25) is 0 Å². The van der Waals surface area contributed by atoms with Crippen molar-refractivity contribution in [1.82, 2.24) is 4.90 Å². The lowest BCUT2D eigenvalue weighted by Gasteiger charge is -2.24. The van der Waals surface area contributed by atoms with E-state index in [0.717, 1.165) is 25.7 Å². The van der Waals surface area contributed by atoms with Gasteiger partial charge in [0.25, 0.3) is 0 Å². The number of hydrogen-bond donors (Lipinski definition) is 2. The van der Waals surface area contributed by atoms with E-state index in [-0.39, 0.29) is 24.9 Å². The fourth-order valence-electron chi connectivity index (χ4n) is 1.74. The zero-order chi connectivity index (χ0) is 13.3. The first-order chi connectivity index (χ1) is 8.10. The van der Waals surface area contributed by atoms with E-state index in [2.05, 4.69) is 13.8 Å². The van der Waals surface area contributed by atoms with Gasteiger partial charge in [-0.05, 0) is 12.3 Å². The number of hydrogen-bond acceptors (Lipinski definition) is 4. The predicted octanol–water partition coefficient (Wildman–Crippen LogP) is 0.475. The van der Waals surface area contributed by atoms with Crippen LogP contribution in [0.1, 0.15) is 39.5 Å². The molecule has 0 aliphatic carbocycles. The molecule has 5 heteroatoms. The maximum atomic E-state index is 11.6. The number of nitrogens with zero attached hydrogens (tertiary/aromatic N) is 1. The smallest absolute Gasteiger partial charge is 0.242 e. The zero-order valence-corrected chi connectivity index (χ0v) is 10.9. The van der Waals surface area contributed by atoms with Crippen LogP contribution in [-0.4, -0.2) is 36.3 Å². The summed E-state index contributed by atoms with van der Waals surface area (Å²) in [5, 5.41) is 0. The molecule has 0 aliphatic rings. The van der Waals surface area contributed by atoms with Crippen molar-refractivity contribution in [1.29, 1.82) is 0 Å². The van der Waals surface area contributed by atoms with Gasteiger partial charge in [-0.3, -0.25) is 14.5 Å². The fourth-order valence-corrected chi connectivity index (χ4v) is 1.74. The summed E-state index contributed by atoms with van der Waals surface area (Å²) in [6.45, 7) is 4.35. The third-order valence-electron chi connectivity index (χ3n) is 2.94. The second kappa shape index (κ2) is 9.13. The number of amides is 2. The second-order valence-corrected chi connectivity index (χ2v) is 4.22. The lowest BCUT2D eigenvalue weighted by atomic mass is 9.98. The lowest BCUT2D eigenvalue weighted by molar-refractivity contribution is -0.143. The van der Waals surface area contributed by atoms with E-state index >= 15 is 0 Å². The van der Waals surface area contributed by atoms with Crippen molar-refractivity contribution in [2.75, 3.05) is 19.6 Å². The number of imide groups is 1. The van der Waals surface area contributed by atoms with Crippen molar-refractivity contribution >= 4 is 11.8 Å². The molecule has 2 amide bonds. The van der Waals surface area contributed by atoms with Gasteiger partial charge >= 0.3 is 0 Å². The Balaban J connectivity index is 4.48. The molecule has 17 heavy (non-hydrogen) atoms. The zero-order valence-electron chi connectivity index (χ0n) is 10.9. The molecule has 0 saturated carbocycles. The van der Waals surface area contributed by atoms with Gasteiger partial charge in [-0.2, -0.15) is 0 Å². The van der Waals surface area contributed by atoms with Crippen LogP contribution in [-0.2, 0) is 9.59 Å². The molecule has 100 valence electrons. The summed E-state index contributed by atoms with van der Waals surface area (Å²) in [7, 11) is 0. The number of rotatable bonds is 8. The third kappa shape index (κ3) is 5.79. The highest BCUT2D eigenvalue weighted by molar-refractivity contribution is 5.96. The summed E-state index contributed by atoms with van der Waals surface area (Å²) in [5.74, 6) is -0.327. The molecule has 0 aliphatic heterocycles. The van der Waals surface area contributed by atoms with Gasteiger partial charge in [0, 0.05) is 6.54 Å². The summed E-state index contributed by atoms with van der Waals surface area (Å²) < 4.78 is 0. The molecule has 0 heterocycles. The maximum Gasteiger partial charge on any atom is 0.242 e. The van der Waals surface area contributed by atoms with Crippen LogP contribution >= 0.6 is 0 Å². The van der Waals surface area contributed by atoms with Gasteiger partial charge in [-0.1, -0.05) is 33.1 Å². The molecule has 5 nitrogen and oxygen atoms in total. The first-order valence-electron chi connectivity index (χ1n) is 6.33. The first-order valence-corrected chi connectivity index (χ1v) is 6.33. The number of unbranched alkanes of at least 4 members (excludes halogenated alkanes) is 1. The molecule has 0 saturated heterocycles. The minimum absolute atomic E-state index is 0.143. The molecular weight excluding hydrogens is 218 g/mol. The molecule has 0 spiro atoms. The van der Waals surface area contributed by atoms with E-state index in [1.165, 1.54) is 4.90 Å². The van der Waals surface area contributed by atoms with E-state index < -0.39 is 0 Å². The van der Waals surface area contributed by atoms with Crippen LogP contribution in [0.3, 0.4) is 0 Å². The highest BCUT2D eigenvalue weighted by atomic mass is 16.2. The van der Waals surface area contributed by atoms with Crippen molar-refractivity contribution in [3.05, 3.63) is 0 Å². The van der Waals surface area contributed by atoms with Gasteiger partial charge in [0.15, 0.2) is 0 Å². The van der Waals surface area contributed by atoms with Crippen molar-refractivity contribution in [3.8, 4) is 0 Å². The van der Waals surface area contributed by atoms with E-state index in [4.69, 9.17) is 11.5 Å². The Hall–Kier alpha value is -0.940. The summed E-state index contributed by atoms with van der Waals surface area (Å²) in [4.78, 5) is 24.3. The molecule has 4 N–H and O–H groups in total. The van der Waals surface area contributed by atoms with Crippen LogP contribution < -0.4 is 11.5 Å². The van der Waals surface area contributed by atoms with E-state index in [9.17, 15) is 9.59 Å².